The number of aliphatic hydroxyl groups is 1. The Kier molecular flexibility index (Phi) is 7.60. The molecule has 1 aliphatic heterocycles. The van der Waals surface area contributed by atoms with E-state index in [4.69, 9.17) is 23.2 Å². The molecule has 4 rings (SSSR count). The van der Waals surface area contributed by atoms with Crippen molar-refractivity contribution in [1.29, 1.82) is 0 Å². The Balaban J connectivity index is 1.30. The highest BCUT2D eigenvalue weighted by Crippen LogP contribution is 2.27. The molecule has 2 N–H and O–H groups in total. The van der Waals surface area contributed by atoms with E-state index in [-0.39, 0.29) is 18.0 Å². The second kappa shape index (κ2) is 10.6. The number of aliphatic hydroxyl groups excluding tert-OH is 1. The fourth-order valence-electron chi connectivity index (χ4n) is 4.19. The van der Waals surface area contributed by atoms with Gasteiger partial charge in [0.2, 0.25) is 0 Å². The maximum absolute atomic E-state index is 12.8. The molecule has 3 atom stereocenters. The van der Waals surface area contributed by atoms with Gasteiger partial charge in [0.05, 0.1) is 6.10 Å². The zero-order valence-electron chi connectivity index (χ0n) is 18.3. The number of carbonyl (C=O) groups is 1. The lowest BCUT2D eigenvalue weighted by Crippen LogP contribution is -2.35. The Morgan fingerprint density at radius 1 is 1.03 bits per heavy atom. The van der Waals surface area contributed by atoms with E-state index in [1.54, 1.807) is 36.5 Å². The van der Waals surface area contributed by atoms with Crippen molar-refractivity contribution in [2.45, 2.75) is 44.0 Å². The molecule has 0 saturated carbocycles. The molecule has 1 unspecified atom stereocenters. The van der Waals surface area contributed by atoms with Crippen LogP contribution in [-0.2, 0) is 13.0 Å². The van der Waals surface area contributed by atoms with Crippen LogP contribution in [0.3, 0.4) is 0 Å². The first-order valence-electron chi connectivity index (χ1n) is 10.9. The normalized spacial score (nSPS) is 18.8. The molecule has 1 aliphatic rings. The van der Waals surface area contributed by atoms with Crippen molar-refractivity contribution in [2.75, 3.05) is 7.05 Å². The summed E-state index contributed by atoms with van der Waals surface area (Å²) in [6.45, 7) is 0.462. The molecule has 1 saturated heterocycles. The van der Waals surface area contributed by atoms with Gasteiger partial charge in [-0.2, -0.15) is 0 Å². The van der Waals surface area contributed by atoms with Gasteiger partial charge in [-0.25, -0.2) is 9.97 Å². The topological polar surface area (TPSA) is 78.4 Å². The predicted molar refractivity (Wildman–Crippen MR) is 129 cm³/mol. The number of benzene rings is 1. The molecule has 1 fully saturated rings. The van der Waals surface area contributed by atoms with Crippen molar-refractivity contribution < 1.29 is 9.90 Å². The van der Waals surface area contributed by atoms with Gasteiger partial charge in [-0.15, -0.1) is 0 Å². The van der Waals surface area contributed by atoms with Crippen LogP contribution < -0.4 is 5.32 Å². The predicted octanol–water partition coefficient (Wildman–Crippen LogP) is 4.45. The lowest BCUT2D eigenvalue weighted by molar-refractivity contribution is 0.0785. The maximum atomic E-state index is 12.8. The number of pyridine rings is 2. The fourth-order valence-corrected chi connectivity index (χ4v) is 4.41. The molecule has 0 spiro atoms. The summed E-state index contributed by atoms with van der Waals surface area (Å²) >= 11 is 11.7. The van der Waals surface area contributed by atoms with Gasteiger partial charge in [0, 0.05) is 49.2 Å². The molecule has 172 valence electrons. The quantitative estimate of drug-likeness (QED) is 0.484. The molecule has 8 heteroatoms. The van der Waals surface area contributed by atoms with E-state index in [2.05, 4.69) is 15.3 Å². The summed E-state index contributed by atoms with van der Waals surface area (Å²) in [6, 6.07) is 15.1. The van der Waals surface area contributed by atoms with Gasteiger partial charge in [0.1, 0.15) is 10.3 Å². The summed E-state index contributed by atoms with van der Waals surface area (Å²) in [6.07, 6.45) is 5.38. The van der Waals surface area contributed by atoms with E-state index in [1.807, 2.05) is 36.4 Å². The Morgan fingerprint density at radius 3 is 2.33 bits per heavy atom. The molecule has 0 radical (unpaired) electrons. The number of hydrogen-bond donors (Lipinski definition) is 2. The third-order valence-electron chi connectivity index (χ3n) is 5.99. The molecule has 0 aliphatic carbocycles. The van der Waals surface area contributed by atoms with E-state index >= 15 is 0 Å². The van der Waals surface area contributed by atoms with Crippen LogP contribution >= 0.6 is 23.2 Å². The number of hydrogen-bond acceptors (Lipinski definition) is 5. The molecular formula is C25H26Cl2N4O2. The van der Waals surface area contributed by atoms with Crippen molar-refractivity contribution in [2.24, 2.45) is 0 Å². The number of aromatic nitrogens is 2. The molecule has 6 nitrogen and oxygen atoms in total. The van der Waals surface area contributed by atoms with Crippen molar-refractivity contribution in [3.05, 3.63) is 93.5 Å². The van der Waals surface area contributed by atoms with Crippen molar-refractivity contribution in [3.63, 3.8) is 0 Å². The largest absolute Gasteiger partial charge is 0.387 e. The van der Waals surface area contributed by atoms with Gasteiger partial charge in [-0.3, -0.25) is 4.79 Å². The first-order chi connectivity index (χ1) is 15.9. The fraction of sp³-hybridized carbons (Fsp3) is 0.320. The number of amides is 1. The van der Waals surface area contributed by atoms with Crippen LogP contribution in [0, 0.1) is 0 Å². The van der Waals surface area contributed by atoms with Crippen LogP contribution in [0.2, 0.25) is 10.3 Å². The number of nitrogens with zero attached hydrogens (tertiary/aromatic N) is 3. The van der Waals surface area contributed by atoms with Crippen molar-refractivity contribution in [1.82, 2.24) is 20.2 Å². The Bertz CT molecular complexity index is 1080. The molecule has 33 heavy (non-hydrogen) atoms. The van der Waals surface area contributed by atoms with Crippen LogP contribution in [0.25, 0.3) is 0 Å². The van der Waals surface area contributed by atoms with E-state index in [0.29, 0.717) is 22.4 Å². The Hall–Kier alpha value is -2.51. The Morgan fingerprint density at radius 2 is 1.70 bits per heavy atom. The molecule has 0 bridgehead atoms. The van der Waals surface area contributed by atoms with Crippen LogP contribution in [0.4, 0.5) is 0 Å². The first-order valence-corrected chi connectivity index (χ1v) is 11.6. The van der Waals surface area contributed by atoms with Gasteiger partial charge in [0.25, 0.3) is 5.91 Å². The number of rotatable bonds is 7. The van der Waals surface area contributed by atoms with Crippen LogP contribution in [0.1, 0.15) is 46.0 Å². The molecule has 1 aromatic carbocycles. The lowest BCUT2D eigenvalue weighted by atomic mass is 10.0. The summed E-state index contributed by atoms with van der Waals surface area (Å²) in [4.78, 5) is 22.6. The summed E-state index contributed by atoms with van der Waals surface area (Å²) in [5, 5.41) is 15.1. The maximum Gasteiger partial charge on any atom is 0.253 e. The Labute approximate surface area is 203 Å². The molecular weight excluding hydrogens is 459 g/mol. The van der Waals surface area contributed by atoms with E-state index in [9.17, 15) is 9.90 Å². The van der Waals surface area contributed by atoms with E-state index < -0.39 is 6.10 Å². The average Bonchev–Trinajstić information content (AvgIpc) is 3.29. The lowest BCUT2D eigenvalue weighted by Gasteiger charge is -2.20. The minimum absolute atomic E-state index is 0.0187. The third-order valence-corrected chi connectivity index (χ3v) is 6.43. The number of carbonyl (C=O) groups excluding carboxylic acids is 1. The third kappa shape index (κ3) is 6.09. The molecule has 3 heterocycles. The smallest absolute Gasteiger partial charge is 0.253 e. The average molecular weight is 485 g/mol. The zero-order valence-corrected chi connectivity index (χ0v) is 19.8. The zero-order chi connectivity index (χ0) is 23.4. The van der Waals surface area contributed by atoms with Crippen LogP contribution in [0.5, 0.6) is 0 Å². The van der Waals surface area contributed by atoms with Gasteiger partial charge < -0.3 is 15.3 Å². The summed E-state index contributed by atoms with van der Waals surface area (Å²) < 4.78 is 0. The first kappa shape index (κ1) is 23.6. The standard InChI is InChI=1S/C25H26Cl2N4O2/c1-31(15-17-4-10-22(26)28-13-17)25(33)18-5-2-16(3-6-18)12-20-8-9-21(30-20)24(32)19-7-11-23(27)29-14-19/h2-7,10-11,13-14,20-21,24,30,32H,8-9,12,15H2,1H3/t20-,21+,24?/m0/s1. The summed E-state index contributed by atoms with van der Waals surface area (Å²) in [5.74, 6) is -0.0461. The summed E-state index contributed by atoms with van der Waals surface area (Å²) in [7, 11) is 1.77. The monoisotopic (exact) mass is 484 g/mol. The molecule has 1 amide bonds. The second-order valence-corrected chi connectivity index (χ2v) is 9.23. The van der Waals surface area contributed by atoms with Gasteiger partial charge in [-0.1, -0.05) is 47.5 Å². The van der Waals surface area contributed by atoms with Crippen molar-refractivity contribution in [3.8, 4) is 0 Å². The van der Waals surface area contributed by atoms with Crippen molar-refractivity contribution >= 4 is 29.1 Å². The van der Waals surface area contributed by atoms with Gasteiger partial charge >= 0.3 is 0 Å². The number of nitrogens with one attached hydrogen (secondary N) is 1. The second-order valence-electron chi connectivity index (χ2n) is 8.46. The van der Waals surface area contributed by atoms with Gasteiger partial charge in [0.15, 0.2) is 0 Å². The van der Waals surface area contributed by atoms with Gasteiger partial charge in [-0.05, 0) is 54.7 Å². The van der Waals surface area contributed by atoms with E-state index in [0.717, 1.165) is 36.0 Å². The highest BCUT2D eigenvalue weighted by molar-refractivity contribution is 6.29. The minimum Gasteiger partial charge on any atom is -0.387 e. The van der Waals surface area contributed by atoms with Crippen LogP contribution in [-0.4, -0.2) is 45.0 Å². The summed E-state index contributed by atoms with van der Waals surface area (Å²) in [5.41, 5.74) is 3.48. The number of halogens is 2. The molecule has 2 aromatic heterocycles. The highest BCUT2D eigenvalue weighted by atomic mass is 35.5. The highest BCUT2D eigenvalue weighted by Gasteiger charge is 2.30. The SMILES string of the molecule is CN(Cc1ccc(Cl)nc1)C(=O)c1ccc(C[C@@H]2CC[C@H](C(O)c3ccc(Cl)nc3)N2)cc1. The minimum atomic E-state index is -0.619. The van der Waals surface area contributed by atoms with Crippen LogP contribution in [0.15, 0.2) is 60.9 Å². The van der Waals surface area contributed by atoms with E-state index in [1.165, 1.54) is 0 Å². The molecule has 3 aromatic rings.